The molecular weight excluding hydrogens is 283 g/mol. The lowest BCUT2D eigenvalue weighted by Gasteiger charge is -2.34. The van der Waals surface area contributed by atoms with Crippen molar-refractivity contribution >= 4 is 17.3 Å². The fourth-order valence-corrected chi connectivity index (χ4v) is 2.66. The van der Waals surface area contributed by atoms with E-state index in [1.54, 1.807) is 41.3 Å². The van der Waals surface area contributed by atoms with Gasteiger partial charge in [-0.1, -0.05) is 18.2 Å². The zero-order valence-electron chi connectivity index (χ0n) is 12.3. The summed E-state index contributed by atoms with van der Waals surface area (Å²) in [5.74, 6) is 0.0888. The fourth-order valence-electron chi connectivity index (χ4n) is 2.66. The molecule has 1 aliphatic rings. The van der Waals surface area contributed by atoms with Gasteiger partial charge >= 0.3 is 0 Å². The SMILES string of the molecule is CCN1C(=O)C(Cc2ccccc2F)Oc2ccc(N)cc21. The van der Waals surface area contributed by atoms with Crippen molar-refractivity contribution in [3.63, 3.8) is 0 Å². The molecule has 2 aromatic rings. The van der Waals surface area contributed by atoms with Crippen LogP contribution in [0.25, 0.3) is 0 Å². The highest BCUT2D eigenvalue weighted by atomic mass is 19.1. The van der Waals surface area contributed by atoms with Crippen molar-refractivity contribution in [1.82, 2.24) is 0 Å². The number of ether oxygens (including phenoxy) is 1. The van der Waals surface area contributed by atoms with Crippen LogP contribution in [-0.2, 0) is 11.2 Å². The molecule has 1 amide bonds. The number of anilines is 2. The summed E-state index contributed by atoms with van der Waals surface area (Å²) in [6, 6.07) is 11.6. The third-order valence-electron chi connectivity index (χ3n) is 3.76. The second kappa shape index (κ2) is 5.67. The average Bonchev–Trinajstić information content (AvgIpc) is 2.51. The molecular formula is C17H17FN2O2. The van der Waals surface area contributed by atoms with Crippen LogP contribution in [0.4, 0.5) is 15.8 Å². The summed E-state index contributed by atoms with van der Waals surface area (Å²) in [5, 5.41) is 0. The van der Waals surface area contributed by atoms with Crippen molar-refractivity contribution < 1.29 is 13.9 Å². The Morgan fingerprint density at radius 3 is 2.77 bits per heavy atom. The van der Waals surface area contributed by atoms with Crippen LogP contribution in [-0.4, -0.2) is 18.6 Å². The fraction of sp³-hybridized carbons (Fsp3) is 0.235. The first-order chi connectivity index (χ1) is 10.6. The minimum atomic E-state index is -0.729. The summed E-state index contributed by atoms with van der Waals surface area (Å²) in [6.45, 7) is 2.39. The van der Waals surface area contributed by atoms with Gasteiger partial charge in [0.2, 0.25) is 0 Å². The van der Waals surface area contributed by atoms with E-state index in [1.807, 2.05) is 6.92 Å². The zero-order chi connectivity index (χ0) is 15.7. The van der Waals surface area contributed by atoms with Crippen molar-refractivity contribution in [1.29, 1.82) is 0 Å². The standard InChI is InChI=1S/C17H17FN2O2/c1-2-20-14-10-12(19)7-8-15(14)22-16(17(20)21)9-11-5-3-4-6-13(11)18/h3-8,10,16H,2,9,19H2,1H3. The van der Waals surface area contributed by atoms with Crippen LogP contribution in [0.2, 0.25) is 0 Å². The van der Waals surface area contributed by atoms with E-state index in [1.165, 1.54) is 6.07 Å². The molecule has 1 heterocycles. The van der Waals surface area contributed by atoms with E-state index >= 15 is 0 Å². The van der Waals surface area contributed by atoms with Crippen LogP contribution in [0.3, 0.4) is 0 Å². The maximum Gasteiger partial charge on any atom is 0.268 e. The lowest BCUT2D eigenvalue weighted by molar-refractivity contribution is -0.126. The molecule has 22 heavy (non-hydrogen) atoms. The van der Waals surface area contributed by atoms with Gasteiger partial charge in [-0.25, -0.2) is 4.39 Å². The number of carbonyl (C=O) groups excluding carboxylic acids is 1. The van der Waals surface area contributed by atoms with E-state index < -0.39 is 6.10 Å². The molecule has 114 valence electrons. The number of nitrogens with zero attached hydrogens (tertiary/aromatic N) is 1. The third kappa shape index (κ3) is 2.50. The number of likely N-dealkylation sites (N-methyl/N-ethyl adjacent to an activating group) is 1. The lowest BCUT2D eigenvalue weighted by Crippen LogP contribution is -2.47. The topological polar surface area (TPSA) is 55.6 Å². The summed E-state index contributed by atoms with van der Waals surface area (Å²) in [4.78, 5) is 14.2. The first-order valence-corrected chi connectivity index (χ1v) is 7.21. The van der Waals surface area contributed by atoms with Gasteiger partial charge in [0.05, 0.1) is 5.69 Å². The van der Waals surface area contributed by atoms with Crippen LogP contribution in [0, 0.1) is 5.82 Å². The number of benzene rings is 2. The first-order valence-electron chi connectivity index (χ1n) is 7.21. The van der Waals surface area contributed by atoms with Crippen molar-refractivity contribution in [2.75, 3.05) is 17.2 Å². The molecule has 0 radical (unpaired) electrons. The highest BCUT2D eigenvalue weighted by Gasteiger charge is 2.34. The Bertz CT molecular complexity index is 718. The summed E-state index contributed by atoms with van der Waals surface area (Å²) in [5.41, 5.74) is 7.48. The molecule has 4 nitrogen and oxygen atoms in total. The highest BCUT2D eigenvalue weighted by molar-refractivity contribution is 6.00. The Kier molecular flexibility index (Phi) is 3.71. The third-order valence-corrected chi connectivity index (χ3v) is 3.76. The van der Waals surface area contributed by atoms with Gasteiger partial charge in [-0.05, 0) is 36.8 Å². The number of hydrogen-bond donors (Lipinski definition) is 1. The van der Waals surface area contributed by atoms with E-state index in [2.05, 4.69) is 0 Å². The van der Waals surface area contributed by atoms with Gasteiger partial charge in [-0.2, -0.15) is 0 Å². The van der Waals surface area contributed by atoms with Crippen molar-refractivity contribution in [3.8, 4) is 5.75 Å². The Labute approximate surface area is 128 Å². The van der Waals surface area contributed by atoms with E-state index in [-0.39, 0.29) is 18.1 Å². The molecule has 1 aliphatic heterocycles. The first kappa shape index (κ1) is 14.4. The molecule has 2 N–H and O–H groups in total. The van der Waals surface area contributed by atoms with Crippen LogP contribution >= 0.6 is 0 Å². The maximum atomic E-state index is 13.8. The minimum Gasteiger partial charge on any atom is -0.478 e. The molecule has 1 unspecified atom stereocenters. The van der Waals surface area contributed by atoms with Gasteiger partial charge in [-0.3, -0.25) is 4.79 Å². The molecule has 0 spiro atoms. The number of nitrogen functional groups attached to an aromatic ring is 1. The van der Waals surface area contributed by atoms with Crippen molar-refractivity contribution in [3.05, 3.63) is 53.8 Å². The number of halogens is 1. The van der Waals surface area contributed by atoms with Gasteiger partial charge in [0.25, 0.3) is 5.91 Å². The number of hydrogen-bond acceptors (Lipinski definition) is 3. The van der Waals surface area contributed by atoms with Gasteiger partial charge in [0.15, 0.2) is 6.10 Å². The second-order valence-corrected chi connectivity index (χ2v) is 5.21. The molecule has 2 aromatic carbocycles. The Morgan fingerprint density at radius 1 is 1.27 bits per heavy atom. The quantitative estimate of drug-likeness (QED) is 0.887. The van der Waals surface area contributed by atoms with E-state index in [9.17, 15) is 9.18 Å². The minimum absolute atomic E-state index is 0.177. The Balaban J connectivity index is 1.93. The van der Waals surface area contributed by atoms with Crippen molar-refractivity contribution in [2.45, 2.75) is 19.4 Å². The van der Waals surface area contributed by atoms with E-state index in [0.717, 1.165) is 0 Å². The Morgan fingerprint density at radius 2 is 2.05 bits per heavy atom. The highest BCUT2D eigenvalue weighted by Crippen LogP contribution is 2.36. The zero-order valence-corrected chi connectivity index (χ0v) is 12.3. The lowest BCUT2D eigenvalue weighted by atomic mass is 10.0. The van der Waals surface area contributed by atoms with Crippen molar-refractivity contribution in [2.24, 2.45) is 0 Å². The maximum absolute atomic E-state index is 13.8. The molecule has 0 bridgehead atoms. The molecule has 5 heteroatoms. The number of rotatable bonds is 3. The molecule has 0 fully saturated rings. The van der Waals surface area contributed by atoms with E-state index in [0.29, 0.717) is 29.2 Å². The summed E-state index contributed by atoms with van der Waals surface area (Å²) < 4.78 is 19.6. The van der Waals surface area contributed by atoms with Gasteiger partial charge in [0.1, 0.15) is 11.6 Å². The normalized spacial score (nSPS) is 17.1. The van der Waals surface area contributed by atoms with Gasteiger partial charge < -0.3 is 15.4 Å². The number of amides is 1. The number of fused-ring (bicyclic) bond motifs is 1. The largest absolute Gasteiger partial charge is 0.478 e. The Hall–Kier alpha value is -2.56. The number of carbonyl (C=O) groups is 1. The van der Waals surface area contributed by atoms with Crippen LogP contribution < -0.4 is 15.4 Å². The van der Waals surface area contributed by atoms with E-state index in [4.69, 9.17) is 10.5 Å². The molecule has 0 aromatic heterocycles. The molecule has 0 aliphatic carbocycles. The predicted octanol–water partition coefficient (Wildman–Crippen LogP) is 2.76. The second-order valence-electron chi connectivity index (χ2n) is 5.21. The van der Waals surface area contributed by atoms with Gasteiger partial charge in [0, 0.05) is 18.7 Å². The molecule has 3 rings (SSSR count). The molecule has 1 atom stereocenters. The smallest absolute Gasteiger partial charge is 0.268 e. The summed E-state index contributed by atoms with van der Waals surface area (Å²) in [7, 11) is 0. The van der Waals surface area contributed by atoms with Crippen LogP contribution in [0.15, 0.2) is 42.5 Å². The van der Waals surface area contributed by atoms with Crippen LogP contribution in [0.1, 0.15) is 12.5 Å². The average molecular weight is 300 g/mol. The molecule has 0 saturated carbocycles. The monoisotopic (exact) mass is 300 g/mol. The van der Waals surface area contributed by atoms with Gasteiger partial charge in [-0.15, -0.1) is 0 Å². The predicted molar refractivity (Wildman–Crippen MR) is 83.4 cm³/mol. The summed E-state index contributed by atoms with van der Waals surface area (Å²) in [6.07, 6.45) is -0.529. The number of nitrogens with two attached hydrogens (primary N) is 1. The molecule has 0 saturated heterocycles. The van der Waals surface area contributed by atoms with Crippen LogP contribution in [0.5, 0.6) is 5.75 Å². The summed E-state index contributed by atoms with van der Waals surface area (Å²) >= 11 is 0.